The fourth-order valence-corrected chi connectivity index (χ4v) is 1.69. The first-order valence-corrected chi connectivity index (χ1v) is 5.33. The van der Waals surface area contributed by atoms with Gasteiger partial charge in [0, 0.05) is 18.4 Å². The van der Waals surface area contributed by atoms with Gasteiger partial charge in [0.1, 0.15) is 0 Å². The summed E-state index contributed by atoms with van der Waals surface area (Å²) in [5.41, 5.74) is 5.35. The van der Waals surface area contributed by atoms with Crippen LogP contribution in [0.1, 0.15) is 36.9 Å². The molecule has 1 unspecified atom stereocenters. The van der Waals surface area contributed by atoms with E-state index < -0.39 is 0 Å². The highest BCUT2D eigenvalue weighted by Gasteiger charge is 2.11. The third-order valence-electron chi connectivity index (χ3n) is 2.56. The summed E-state index contributed by atoms with van der Waals surface area (Å²) in [5.74, 6) is 5.56. The van der Waals surface area contributed by atoms with Gasteiger partial charge in [-0.3, -0.25) is 16.3 Å². The van der Waals surface area contributed by atoms with Crippen molar-refractivity contribution in [1.29, 1.82) is 0 Å². The van der Waals surface area contributed by atoms with Crippen LogP contribution in [0.5, 0.6) is 0 Å². The van der Waals surface area contributed by atoms with E-state index in [1.54, 1.807) is 0 Å². The van der Waals surface area contributed by atoms with E-state index >= 15 is 0 Å². The van der Waals surface area contributed by atoms with Crippen LogP contribution in [-0.4, -0.2) is 4.98 Å². The van der Waals surface area contributed by atoms with Crippen molar-refractivity contribution < 1.29 is 0 Å². The van der Waals surface area contributed by atoms with Crippen molar-refractivity contribution in [1.82, 2.24) is 10.4 Å². The van der Waals surface area contributed by atoms with Crippen molar-refractivity contribution >= 4 is 0 Å². The van der Waals surface area contributed by atoms with Gasteiger partial charge in [0.05, 0.1) is 0 Å². The predicted molar refractivity (Wildman–Crippen MR) is 63.1 cm³/mol. The Morgan fingerprint density at radius 2 is 2.47 bits per heavy atom. The summed E-state index contributed by atoms with van der Waals surface area (Å²) in [5, 5.41) is 0. The summed E-state index contributed by atoms with van der Waals surface area (Å²) < 4.78 is 0. The molecule has 15 heavy (non-hydrogen) atoms. The molecular weight excluding hydrogens is 186 g/mol. The molecule has 0 amide bonds. The van der Waals surface area contributed by atoms with Crippen molar-refractivity contribution in [2.45, 2.75) is 32.2 Å². The summed E-state index contributed by atoms with van der Waals surface area (Å²) in [7, 11) is 0. The number of nitrogens with two attached hydrogens (primary N) is 1. The van der Waals surface area contributed by atoms with E-state index in [9.17, 15) is 0 Å². The summed E-state index contributed by atoms with van der Waals surface area (Å²) in [4.78, 5) is 4.12. The van der Waals surface area contributed by atoms with Crippen molar-refractivity contribution in [2.75, 3.05) is 0 Å². The molecule has 3 N–H and O–H groups in total. The van der Waals surface area contributed by atoms with Crippen LogP contribution in [0.15, 0.2) is 31.1 Å². The van der Waals surface area contributed by atoms with Crippen molar-refractivity contribution in [3.63, 3.8) is 0 Å². The molecule has 3 nitrogen and oxygen atoms in total. The van der Waals surface area contributed by atoms with E-state index in [-0.39, 0.29) is 6.04 Å². The molecule has 82 valence electrons. The highest BCUT2D eigenvalue weighted by Crippen LogP contribution is 2.21. The molecule has 0 aliphatic heterocycles. The zero-order chi connectivity index (χ0) is 11.1. The second-order valence-electron chi connectivity index (χ2n) is 3.51. The third kappa shape index (κ3) is 3.15. The molecule has 0 bridgehead atoms. The van der Waals surface area contributed by atoms with E-state index in [0.29, 0.717) is 0 Å². The number of hydrazine groups is 1. The SMILES string of the molecule is C=CCCC(NN)c1ccncc1CC. The van der Waals surface area contributed by atoms with Crippen LogP contribution >= 0.6 is 0 Å². The molecule has 0 spiro atoms. The van der Waals surface area contributed by atoms with Gasteiger partial charge in [-0.15, -0.1) is 6.58 Å². The molecule has 1 rings (SSSR count). The Morgan fingerprint density at radius 1 is 1.67 bits per heavy atom. The summed E-state index contributed by atoms with van der Waals surface area (Å²) in [6, 6.07) is 2.23. The van der Waals surface area contributed by atoms with Gasteiger partial charge < -0.3 is 0 Å². The van der Waals surface area contributed by atoms with Crippen LogP contribution < -0.4 is 11.3 Å². The van der Waals surface area contributed by atoms with Gasteiger partial charge in [-0.05, 0) is 36.5 Å². The fourth-order valence-electron chi connectivity index (χ4n) is 1.69. The van der Waals surface area contributed by atoms with Crippen molar-refractivity contribution in [2.24, 2.45) is 5.84 Å². The number of aromatic nitrogens is 1. The minimum atomic E-state index is 0.195. The molecule has 0 saturated heterocycles. The molecule has 0 aromatic carbocycles. The zero-order valence-electron chi connectivity index (χ0n) is 9.24. The van der Waals surface area contributed by atoms with Gasteiger partial charge in [0.2, 0.25) is 0 Å². The zero-order valence-corrected chi connectivity index (χ0v) is 9.24. The Hall–Kier alpha value is -1.19. The summed E-state index contributed by atoms with van der Waals surface area (Å²) in [6.07, 6.45) is 8.55. The lowest BCUT2D eigenvalue weighted by molar-refractivity contribution is 0.516. The standard InChI is InChI=1S/C12H19N3/c1-3-5-6-12(15-13)11-7-8-14-9-10(11)4-2/h3,7-9,12,15H,1,4-6,13H2,2H3. The second kappa shape index (κ2) is 6.32. The second-order valence-corrected chi connectivity index (χ2v) is 3.51. The molecule has 1 aromatic rings. The number of aryl methyl sites for hydroxylation is 1. The van der Waals surface area contributed by atoms with Crippen LogP contribution in [0.2, 0.25) is 0 Å². The molecule has 1 aromatic heterocycles. The van der Waals surface area contributed by atoms with Crippen LogP contribution in [0.25, 0.3) is 0 Å². The van der Waals surface area contributed by atoms with Gasteiger partial charge in [-0.25, -0.2) is 0 Å². The molecule has 3 heteroatoms. The molecule has 0 radical (unpaired) electrons. The Balaban J connectivity index is 2.84. The summed E-state index contributed by atoms with van der Waals surface area (Å²) >= 11 is 0. The van der Waals surface area contributed by atoms with Gasteiger partial charge >= 0.3 is 0 Å². The van der Waals surface area contributed by atoms with Crippen molar-refractivity contribution in [3.8, 4) is 0 Å². The smallest absolute Gasteiger partial charge is 0.0466 e. The van der Waals surface area contributed by atoms with Crippen LogP contribution in [0, 0.1) is 0 Å². The van der Waals surface area contributed by atoms with Crippen LogP contribution in [-0.2, 0) is 6.42 Å². The van der Waals surface area contributed by atoms with E-state index in [1.807, 2.05) is 24.5 Å². The largest absolute Gasteiger partial charge is 0.271 e. The monoisotopic (exact) mass is 205 g/mol. The first-order chi connectivity index (χ1) is 7.33. The third-order valence-corrected chi connectivity index (χ3v) is 2.56. The minimum Gasteiger partial charge on any atom is -0.271 e. The Labute approximate surface area is 91.4 Å². The first kappa shape index (κ1) is 11.9. The first-order valence-electron chi connectivity index (χ1n) is 5.33. The number of pyridine rings is 1. The molecule has 0 fully saturated rings. The van der Waals surface area contributed by atoms with E-state index in [4.69, 9.17) is 5.84 Å². The van der Waals surface area contributed by atoms with Gasteiger partial charge in [-0.1, -0.05) is 13.0 Å². The Morgan fingerprint density at radius 3 is 3.07 bits per heavy atom. The average molecular weight is 205 g/mol. The molecule has 0 saturated carbocycles. The van der Waals surface area contributed by atoms with Crippen molar-refractivity contribution in [3.05, 3.63) is 42.2 Å². The molecular formula is C12H19N3. The number of nitrogens with zero attached hydrogens (tertiary/aromatic N) is 1. The maximum absolute atomic E-state index is 5.56. The Kier molecular flexibility index (Phi) is 5.01. The minimum absolute atomic E-state index is 0.195. The topological polar surface area (TPSA) is 50.9 Å². The van der Waals surface area contributed by atoms with Crippen LogP contribution in [0.4, 0.5) is 0 Å². The molecule has 0 aliphatic carbocycles. The highest BCUT2D eigenvalue weighted by atomic mass is 15.2. The Bertz CT molecular complexity index is 309. The maximum atomic E-state index is 5.56. The normalized spacial score (nSPS) is 12.4. The quantitative estimate of drug-likeness (QED) is 0.425. The number of allylic oxidation sites excluding steroid dienone is 1. The lowest BCUT2D eigenvalue weighted by Crippen LogP contribution is -2.28. The number of hydrogen-bond acceptors (Lipinski definition) is 3. The average Bonchev–Trinajstić information content (AvgIpc) is 2.30. The molecule has 1 atom stereocenters. The van der Waals surface area contributed by atoms with E-state index in [0.717, 1.165) is 19.3 Å². The predicted octanol–water partition coefficient (Wildman–Crippen LogP) is 2.11. The van der Waals surface area contributed by atoms with Crippen LogP contribution in [0.3, 0.4) is 0 Å². The lowest BCUT2D eigenvalue weighted by Gasteiger charge is -2.18. The molecule has 0 aliphatic rings. The fraction of sp³-hybridized carbons (Fsp3) is 0.417. The number of nitrogens with one attached hydrogen (secondary N) is 1. The lowest BCUT2D eigenvalue weighted by atomic mass is 9.98. The number of rotatable bonds is 6. The highest BCUT2D eigenvalue weighted by molar-refractivity contribution is 5.26. The number of hydrogen-bond donors (Lipinski definition) is 2. The van der Waals surface area contributed by atoms with Gasteiger partial charge in [-0.2, -0.15) is 0 Å². The van der Waals surface area contributed by atoms with E-state index in [1.165, 1.54) is 11.1 Å². The van der Waals surface area contributed by atoms with Gasteiger partial charge in [0.25, 0.3) is 0 Å². The molecule has 1 heterocycles. The maximum Gasteiger partial charge on any atom is 0.0466 e. The van der Waals surface area contributed by atoms with Gasteiger partial charge in [0.15, 0.2) is 0 Å². The van der Waals surface area contributed by atoms with E-state index in [2.05, 4.69) is 23.9 Å². The summed E-state index contributed by atoms with van der Waals surface area (Å²) in [6.45, 7) is 5.85.